The highest BCUT2D eigenvalue weighted by molar-refractivity contribution is 5.86. The van der Waals surface area contributed by atoms with Crippen molar-refractivity contribution >= 4 is 11.0 Å². The van der Waals surface area contributed by atoms with Gasteiger partial charge in [0, 0.05) is 5.56 Å². The molecule has 1 aliphatic heterocycles. The molecular formula is C16H14N2O. The van der Waals surface area contributed by atoms with Crippen LogP contribution in [0.15, 0.2) is 42.5 Å². The molecule has 2 aromatic carbocycles. The molecule has 0 aliphatic carbocycles. The molecule has 2 heterocycles. The van der Waals surface area contributed by atoms with Crippen LogP contribution in [0.1, 0.15) is 12.0 Å². The van der Waals surface area contributed by atoms with E-state index in [2.05, 4.69) is 29.2 Å². The normalized spacial score (nSPS) is 14.1. The summed E-state index contributed by atoms with van der Waals surface area (Å²) in [4.78, 5) is 8.09. The van der Waals surface area contributed by atoms with Gasteiger partial charge in [-0.25, -0.2) is 4.98 Å². The standard InChI is InChI=1S/C16H14N2O/c1-2-5-12(6-3-1)16-17-13-9-8-11-7-4-10-19-15(11)14(13)18-16/h1-3,5-6,8-9H,4,7,10H2,(H,17,18). The Morgan fingerprint density at radius 3 is 2.84 bits per heavy atom. The Balaban J connectivity index is 1.92. The van der Waals surface area contributed by atoms with Crippen LogP contribution in [0.3, 0.4) is 0 Å². The topological polar surface area (TPSA) is 37.9 Å². The van der Waals surface area contributed by atoms with E-state index in [0.29, 0.717) is 0 Å². The monoisotopic (exact) mass is 250 g/mol. The van der Waals surface area contributed by atoms with E-state index in [1.165, 1.54) is 5.56 Å². The van der Waals surface area contributed by atoms with E-state index in [9.17, 15) is 0 Å². The van der Waals surface area contributed by atoms with Gasteiger partial charge in [0.2, 0.25) is 0 Å². The van der Waals surface area contributed by atoms with E-state index in [0.717, 1.165) is 47.6 Å². The maximum Gasteiger partial charge on any atom is 0.150 e. The Labute approximate surface area is 111 Å². The molecule has 1 aromatic heterocycles. The highest BCUT2D eigenvalue weighted by Crippen LogP contribution is 2.33. The van der Waals surface area contributed by atoms with Gasteiger partial charge in [-0.1, -0.05) is 36.4 Å². The minimum absolute atomic E-state index is 0.791. The maximum atomic E-state index is 5.80. The van der Waals surface area contributed by atoms with Gasteiger partial charge in [0.1, 0.15) is 17.1 Å². The third-order valence-electron chi connectivity index (χ3n) is 3.57. The Morgan fingerprint density at radius 2 is 1.95 bits per heavy atom. The van der Waals surface area contributed by atoms with E-state index in [-0.39, 0.29) is 0 Å². The van der Waals surface area contributed by atoms with Crippen LogP contribution in [0.5, 0.6) is 5.75 Å². The van der Waals surface area contributed by atoms with Crippen molar-refractivity contribution in [2.24, 2.45) is 0 Å². The zero-order valence-electron chi connectivity index (χ0n) is 10.5. The number of H-pyrrole nitrogens is 1. The molecule has 0 atom stereocenters. The molecule has 1 aliphatic rings. The van der Waals surface area contributed by atoms with Crippen LogP contribution in [-0.2, 0) is 6.42 Å². The maximum absolute atomic E-state index is 5.80. The quantitative estimate of drug-likeness (QED) is 0.717. The van der Waals surface area contributed by atoms with Gasteiger partial charge in [-0.2, -0.15) is 0 Å². The minimum Gasteiger partial charge on any atom is -0.491 e. The first-order valence-electron chi connectivity index (χ1n) is 6.61. The van der Waals surface area contributed by atoms with E-state index < -0.39 is 0 Å². The summed E-state index contributed by atoms with van der Waals surface area (Å²) in [5, 5.41) is 0. The van der Waals surface area contributed by atoms with Crippen molar-refractivity contribution in [3.8, 4) is 17.1 Å². The first-order chi connectivity index (χ1) is 9.42. The molecule has 0 radical (unpaired) electrons. The van der Waals surface area contributed by atoms with E-state index in [1.54, 1.807) is 0 Å². The molecule has 0 saturated carbocycles. The number of nitrogens with zero attached hydrogens (tertiary/aromatic N) is 1. The predicted octanol–water partition coefficient (Wildman–Crippen LogP) is 3.55. The highest BCUT2D eigenvalue weighted by Gasteiger charge is 2.16. The fraction of sp³-hybridized carbons (Fsp3) is 0.188. The van der Waals surface area contributed by atoms with Crippen molar-refractivity contribution in [1.29, 1.82) is 0 Å². The number of ether oxygens (including phenoxy) is 1. The van der Waals surface area contributed by atoms with Crippen molar-refractivity contribution in [3.63, 3.8) is 0 Å². The van der Waals surface area contributed by atoms with Crippen molar-refractivity contribution in [1.82, 2.24) is 9.97 Å². The van der Waals surface area contributed by atoms with E-state index >= 15 is 0 Å². The minimum atomic E-state index is 0.791. The van der Waals surface area contributed by atoms with Gasteiger partial charge in [0.15, 0.2) is 0 Å². The summed E-state index contributed by atoms with van der Waals surface area (Å²) in [6.07, 6.45) is 2.17. The van der Waals surface area contributed by atoms with Crippen LogP contribution in [-0.4, -0.2) is 16.6 Å². The van der Waals surface area contributed by atoms with Gasteiger partial charge in [0.05, 0.1) is 12.1 Å². The summed E-state index contributed by atoms with van der Waals surface area (Å²) in [6, 6.07) is 14.4. The van der Waals surface area contributed by atoms with Crippen LogP contribution in [0.4, 0.5) is 0 Å². The van der Waals surface area contributed by atoms with Crippen LogP contribution in [0.25, 0.3) is 22.4 Å². The molecule has 3 heteroatoms. The van der Waals surface area contributed by atoms with Gasteiger partial charge in [0.25, 0.3) is 0 Å². The molecule has 0 unspecified atom stereocenters. The second kappa shape index (κ2) is 4.12. The Kier molecular flexibility index (Phi) is 2.30. The second-order valence-electron chi connectivity index (χ2n) is 4.85. The van der Waals surface area contributed by atoms with Gasteiger partial charge < -0.3 is 9.72 Å². The number of hydrogen-bond acceptors (Lipinski definition) is 2. The molecule has 1 N–H and O–H groups in total. The fourth-order valence-electron chi connectivity index (χ4n) is 2.62. The first kappa shape index (κ1) is 10.6. The number of imidazole rings is 1. The molecule has 0 bridgehead atoms. The van der Waals surface area contributed by atoms with Crippen molar-refractivity contribution in [2.45, 2.75) is 12.8 Å². The number of hydrogen-bond donors (Lipinski definition) is 1. The fourth-order valence-corrected chi connectivity index (χ4v) is 2.62. The molecule has 19 heavy (non-hydrogen) atoms. The average Bonchev–Trinajstić information content (AvgIpc) is 2.93. The number of aromatic amines is 1. The van der Waals surface area contributed by atoms with E-state index in [1.807, 2.05) is 18.2 Å². The third kappa shape index (κ3) is 1.70. The number of benzene rings is 2. The summed E-state index contributed by atoms with van der Waals surface area (Å²) in [5.41, 5.74) is 4.36. The van der Waals surface area contributed by atoms with Crippen LogP contribution in [0, 0.1) is 0 Å². The van der Waals surface area contributed by atoms with Crippen molar-refractivity contribution < 1.29 is 4.74 Å². The van der Waals surface area contributed by atoms with Gasteiger partial charge in [-0.05, 0) is 24.5 Å². The highest BCUT2D eigenvalue weighted by atomic mass is 16.5. The number of aromatic nitrogens is 2. The van der Waals surface area contributed by atoms with Crippen LogP contribution < -0.4 is 4.74 Å². The Morgan fingerprint density at radius 1 is 1.05 bits per heavy atom. The molecular weight excluding hydrogens is 236 g/mol. The zero-order valence-corrected chi connectivity index (χ0v) is 10.5. The van der Waals surface area contributed by atoms with E-state index in [4.69, 9.17) is 9.72 Å². The van der Waals surface area contributed by atoms with Crippen molar-refractivity contribution in [3.05, 3.63) is 48.0 Å². The zero-order chi connectivity index (χ0) is 12.7. The number of aryl methyl sites for hydroxylation is 1. The summed E-state index contributed by atoms with van der Waals surface area (Å²) in [5.74, 6) is 1.86. The summed E-state index contributed by atoms with van der Waals surface area (Å²) in [7, 11) is 0. The van der Waals surface area contributed by atoms with Gasteiger partial charge in [-0.3, -0.25) is 0 Å². The Bertz CT molecular complexity index is 731. The molecule has 4 rings (SSSR count). The van der Waals surface area contributed by atoms with Gasteiger partial charge in [-0.15, -0.1) is 0 Å². The largest absolute Gasteiger partial charge is 0.491 e. The average molecular weight is 250 g/mol. The van der Waals surface area contributed by atoms with Crippen LogP contribution >= 0.6 is 0 Å². The molecule has 0 spiro atoms. The molecule has 94 valence electrons. The summed E-state index contributed by atoms with van der Waals surface area (Å²) in [6.45, 7) is 0.791. The van der Waals surface area contributed by atoms with Crippen LogP contribution in [0.2, 0.25) is 0 Å². The molecule has 0 saturated heterocycles. The third-order valence-corrected chi connectivity index (χ3v) is 3.57. The number of nitrogens with one attached hydrogen (secondary N) is 1. The lowest BCUT2D eigenvalue weighted by molar-refractivity contribution is 0.291. The number of rotatable bonds is 1. The lowest BCUT2D eigenvalue weighted by atomic mass is 10.1. The first-order valence-corrected chi connectivity index (χ1v) is 6.61. The lowest BCUT2D eigenvalue weighted by Gasteiger charge is -2.16. The lowest BCUT2D eigenvalue weighted by Crippen LogP contribution is -2.08. The molecule has 0 amide bonds. The second-order valence-corrected chi connectivity index (χ2v) is 4.85. The van der Waals surface area contributed by atoms with Crippen molar-refractivity contribution in [2.75, 3.05) is 6.61 Å². The SMILES string of the molecule is c1ccc(-c2nc3c4c(ccc3[nH]2)CCCO4)cc1. The molecule has 3 nitrogen and oxygen atoms in total. The Hall–Kier alpha value is -2.29. The summed E-state index contributed by atoms with van der Waals surface area (Å²) >= 11 is 0. The molecule has 3 aromatic rings. The summed E-state index contributed by atoms with van der Waals surface area (Å²) < 4.78 is 5.80. The predicted molar refractivity (Wildman–Crippen MR) is 75.3 cm³/mol. The molecule has 0 fully saturated rings. The van der Waals surface area contributed by atoms with Gasteiger partial charge >= 0.3 is 0 Å². The smallest absolute Gasteiger partial charge is 0.150 e. The number of fused-ring (bicyclic) bond motifs is 3.